The number of hydrogen-bond acceptors (Lipinski definition) is 3. The molecule has 0 aromatic heterocycles. The quantitative estimate of drug-likeness (QED) is 0.297. The average Bonchev–Trinajstić information content (AvgIpc) is 2.96. The Balaban J connectivity index is 0.00000242. The number of nitrogens with zero attached hydrogens (tertiary/aromatic N) is 2. The molecule has 0 atom stereocenters. The second-order valence-corrected chi connectivity index (χ2v) is 7.83. The van der Waals surface area contributed by atoms with Crippen molar-refractivity contribution in [3.8, 4) is 0 Å². The first-order valence-electron chi connectivity index (χ1n) is 7.56. The van der Waals surface area contributed by atoms with Gasteiger partial charge in [-0.15, -0.1) is 24.0 Å². The molecule has 2 N–H and O–H groups in total. The van der Waals surface area contributed by atoms with Gasteiger partial charge in [0.15, 0.2) is 5.96 Å². The van der Waals surface area contributed by atoms with Gasteiger partial charge in [0.2, 0.25) is 10.0 Å². The van der Waals surface area contributed by atoms with E-state index in [1.807, 2.05) is 0 Å². The van der Waals surface area contributed by atoms with Crippen LogP contribution < -0.4 is 10.6 Å². The average molecular weight is 442 g/mol. The van der Waals surface area contributed by atoms with Crippen molar-refractivity contribution in [2.45, 2.75) is 31.7 Å². The normalized spacial score (nSPS) is 21.6. The highest BCUT2D eigenvalue weighted by atomic mass is 127. The van der Waals surface area contributed by atoms with Crippen LogP contribution in [-0.4, -0.2) is 57.7 Å². The van der Waals surface area contributed by atoms with E-state index in [0.717, 1.165) is 38.2 Å². The third kappa shape index (κ3) is 6.04. The van der Waals surface area contributed by atoms with Crippen molar-refractivity contribution >= 4 is 40.0 Å². The molecule has 0 amide bonds. The summed E-state index contributed by atoms with van der Waals surface area (Å²) in [5, 5.41) is 6.77. The number of nitrogens with one attached hydrogen (secondary N) is 2. The lowest BCUT2D eigenvalue weighted by atomic mass is 9.98. The smallest absolute Gasteiger partial charge is 0.211 e. The molecule has 0 saturated carbocycles. The lowest BCUT2D eigenvalue weighted by Gasteiger charge is -2.30. The fourth-order valence-corrected chi connectivity index (χ4v) is 3.68. The van der Waals surface area contributed by atoms with Crippen LogP contribution in [0.15, 0.2) is 17.1 Å². The lowest BCUT2D eigenvalue weighted by Crippen LogP contribution is -2.46. The van der Waals surface area contributed by atoms with Gasteiger partial charge >= 0.3 is 0 Å². The van der Waals surface area contributed by atoms with Crippen LogP contribution in [0.1, 0.15) is 25.7 Å². The van der Waals surface area contributed by atoms with E-state index in [1.54, 1.807) is 11.4 Å². The summed E-state index contributed by atoms with van der Waals surface area (Å²) in [5.41, 5.74) is 0. The van der Waals surface area contributed by atoms with Gasteiger partial charge in [0.1, 0.15) is 0 Å². The van der Waals surface area contributed by atoms with Gasteiger partial charge < -0.3 is 10.6 Å². The van der Waals surface area contributed by atoms with Gasteiger partial charge in [-0.25, -0.2) is 12.7 Å². The van der Waals surface area contributed by atoms with Crippen molar-refractivity contribution in [2.24, 2.45) is 10.9 Å². The molecule has 1 fully saturated rings. The highest BCUT2D eigenvalue weighted by Gasteiger charge is 2.25. The predicted octanol–water partition coefficient (Wildman–Crippen LogP) is 1.16. The highest BCUT2D eigenvalue weighted by Crippen LogP contribution is 2.18. The highest BCUT2D eigenvalue weighted by molar-refractivity contribution is 14.0. The molecular formula is C14H27IN4O2S. The molecule has 0 aromatic carbocycles. The minimum absolute atomic E-state index is 0. The summed E-state index contributed by atoms with van der Waals surface area (Å²) in [6, 6.07) is 0.447. The predicted molar refractivity (Wildman–Crippen MR) is 101 cm³/mol. The van der Waals surface area contributed by atoms with Gasteiger partial charge in [0.05, 0.1) is 6.26 Å². The Morgan fingerprint density at radius 2 is 1.86 bits per heavy atom. The standard InChI is InChI=1S/C14H26N4O2S.HI/c1-15-14(17-13-5-3-4-6-13)16-11-12-7-9-18(10-8-12)21(2,19)20;/h3-4,12-13H,5-11H2,1-2H3,(H2,15,16,17);1H. The Kier molecular flexibility index (Phi) is 8.12. The molecule has 0 aromatic rings. The maximum absolute atomic E-state index is 11.5. The molecule has 2 rings (SSSR count). The van der Waals surface area contributed by atoms with E-state index in [1.165, 1.54) is 6.26 Å². The summed E-state index contributed by atoms with van der Waals surface area (Å²) in [6.07, 6.45) is 9.57. The number of halogens is 1. The van der Waals surface area contributed by atoms with Crippen LogP contribution in [0.5, 0.6) is 0 Å². The molecule has 1 aliphatic carbocycles. The van der Waals surface area contributed by atoms with Gasteiger partial charge in [-0.2, -0.15) is 0 Å². The first kappa shape index (κ1) is 19.7. The van der Waals surface area contributed by atoms with E-state index in [9.17, 15) is 8.42 Å². The molecule has 1 saturated heterocycles. The Morgan fingerprint density at radius 1 is 1.27 bits per heavy atom. The van der Waals surface area contributed by atoms with E-state index in [4.69, 9.17) is 0 Å². The van der Waals surface area contributed by atoms with Gasteiger partial charge in [-0.3, -0.25) is 4.99 Å². The topological polar surface area (TPSA) is 73.8 Å². The van der Waals surface area contributed by atoms with Crippen LogP contribution in [-0.2, 0) is 10.0 Å². The first-order valence-corrected chi connectivity index (χ1v) is 9.41. The largest absolute Gasteiger partial charge is 0.356 e. The van der Waals surface area contributed by atoms with Crippen molar-refractivity contribution < 1.29 is 8.42 Å². The lowest BCUT2D eigenvalue weighted by molar-refractivity contribution is 0.274. The Bertz CT molecular complexity index is 491. The van der Waals surface area contributed by atoms with Crippen LogP contribution >= 0.6 is 24.0 Å². The maximum Gasteiger partial charge on any atom is 0.211 e. The second-order valence-electron chi connectivity index (χ2n) is 5.84. The SMILES string of the molecule is CN=C(NCC1CCN(S(C)(=O)=O)CC1)NC1CC=CC1.I. The Hall–Kier alpha value is -0.350. The first-order chi connectivity index (χ1) is 9.99. The third-order valence-corrected chi connectivity index (χ3v) is 5.48. The van der Waals surface area contributed by atoms with Crippen LogP contribution in [0.25, 0.3) is 0 Å². The molecule has 0 spiro atoms. The monoisotopic (exact) mass is 442 g/mol. The second kappa shape index (κ2) is 9.07. The summed E-state index contributed by atoms with van der Waals surface area (Å²) in [6.45, 7) is 2.10. The molecule has 0 unspecified atom stereocenters. The van der Waals surface area contributed by atoms with E-state index in [0.29, 0.717) is 25.0 Å². The molecule has 22 heavy (non-hydrogen) atoms. The Morgan fingerprint density at radius 3 is 2.36 bits per heavy atom. The van der Waals surface area contributed by atoms with E-state index >= 15 is 0 Å². The molecule has 2 aliphatic rings. The molecule has 0 bridgehead atoms. The summed E-state index contributed by atoms with van der Waals surface area (Å²) < 4.78 is 24.5. The summed E-state index contributed by atoms with van der Waals surface area (Å²) in [5.74, 6) is 1.34. The van der Waals surface area contributed by atoms with E-state index in [2.05, 4.69) is 27.8 Å². The fourth-order valence-electron chi connectivity index (χ4n) is 2.81. The molecule has 0 radical (unpaired) electrons. The van der Waals surface area contributed by atoms with Crippen molar-refractivity contribution in [3.05, 3.63) is 12.2 Å². The number of sulfonamides is 1. The Labute approximate surface area is 150 Å². The van der Waals surface area contributed by atoms with Gasteiger partial charge in [0.25, 0.3) is 0 Å². The maximum atomic E-state index is 11.5. The molecule has 1 aliphatic heterocycles. The number of piperidine rings is 1. The molecule has 128 valence electrons. The minimum Gasteiger partial charge on any atom is -0.356 e. The minimum atomic E-state index is -3.03. The summed E-state index contributed by atoms with van der Waals surface area (Å²) >= 11 is 0. The van der Waals surface area contributed by atoms with Crippen LogP contribution in [0, 0.1) is 5.92 Å². The number of guanidine groups is 1. The van der Waals surface area contributed by atoms with Crippen molar-refractivity contribution in [1.82, 2.24) is 14.9 Å². The summed E-state index contributed by atoms with van der Waals surface area (Å²) in [7, 11) is -1.25. The molecule has 8 heteroatoms. The fraction of sp³-hybridized carbons (Fsp3) is 0.786. The zero-order valence-corrected chi connectivity index (χ0v) is 16.4. The molecule has 6 nitrogen and oxygen atoms in total. The van der Waals surface area contributed by atoms with E-state index in [-0.39, 0.29) is 24.0 Å². The van der Waals surface area contributed by atoms with Crippen LogP contribution in [0.4, 0.5) is 0 Å². The van der Waals surface area contributed by atoms with Gasteiger partial charge in [0, 0.05) is 32.7 Å². The van der Waals surface area contributed by atoms with Gasteiger partial charge in [-0.05, 0) is 31.6 Å². The van der Waals surface area contributed by atoms with E-state index < -0.39 is 10.0 Å². The van der Waals surface area contributed by atoms with Crippen LogP contribution in [0.2, 0.25) is 0 Å². The zero-order chi connectivity index (χ0) is 15.3. The van der Waals surface area contributed by atoms with Crippen molar-refractivity contribution in [3.63, 3.8) is 0 Å². The van der Waals surface area contributed by atoms with Crippen molar-refractivity contribution in [2.75, 3.05) is 32.9 Å². The molecule has 1 heterocycles. The van der Waals surface area contributed by atoms with Crippen molar-refractivity contribution in [1.29, 1.82) is 0 Å². The zero-order valence-electron chi connectivity index (χ0n) is 13.3. The van der Waals surface area contributed by atoms with Crippen LogP contribution in [0.3, 0.4) is 0 Å². The number of rotatable bonds is 4. The number of hydrogen-bond donors (Lipinski definition) is 2. The number of aliphatic imine (C=N–C) groups is 1. The summed E-state index contributed by atoms with van der Waals surface area (Å²) in [4.78, 5) is 4.25. The third-order valence-electron chi connectivity index (χ3n) is 4.17. The molecular weight excluding hydrogens is 415 g/mol. The van der Waals surface area contributed by atoms with Gasteiger partial charge in [-0.1, -0.05) is 12.2 Å².